The van der Waals surface area contributed by atoms with Gasteiger partial charge in [0.05, 0.1) is 10.7 Å². The van der Waals surface area contributed by atoms with Gasteiger partial charge in [-0.1, -0.05) is 29.3 Å². The summed E-state index contributed by atoms with van der Waals surface area (Å²) < 4.78 is 26.7. The van der Waals surface area contributed by atoms with E-state index < -0.39 is 10.0 Å². The highest BCUT2D eigenvalue weighted by molar-refractivity contribution is 7.92. The minimum Gasteiger partial charge on any atom is -0.382 e. The number of rotatable bonds is 4. The first-order valence-electron chi connectivity index (χ1n) is 6.36. The van der Waals surface area contributed by atoms with Crippen molar-refractivity contribution < 1.29 is 8.42 Å². The molecule has 2 N–H and O–H groups in total. The third kappa shape index (κ3) is 3.11. The van der Waals surface area contributed by atoms with Crippen LogP contribution in [-0.4, -0.2) is 19.9 Å². The second-order valence-electron chi connectivity index (χ2n) is 4.54. The van der Waals surface area contributed by atoms with E-state index in [-0.39, 0.29) is 15.7 Å². The number of aryl methyl sites for hydroxylation is 1. The molecule has 112 valence electrons. The van der Waals surface area contributed by atoms with E-state index in [9.17, 15) is 8.42 Å². The first-order valence-corrected chi connectivity index (χ1v) is 8.18. The smallest absolute Gasteiger partial charge is 0.265 e. The Labute approximate surface area is 129 Å². The number of benzene rings is 1. The van der Waals surface area contributed by atoms with Gasteiger partial charge in [-0.05, 0) is 32.0 Å². The minimum atomic E-state index is -3.73. The quantitative estimate of drug-likeness (QED) is 0.937. The number of nitrogen functional groups attached to an aromatic ring is 1. The average Bonchev–Trinajstić information content (AvgIpc) is 2.44. The van der Waals surface area contributed by atoms with E-state index in [1.807, 2.05) is 19.1 Å². The van der Waals surface area contributed by atoms with E-state index >= 15 is 0 Å². The van der Waals surface area contributed by atoms with Gasteiger partial charge in [0.25, 0.3) is 10.0 Å². The predicted octanol–water partition coefficient (Wildman–Crippen LogP) is 2.84. The van der Waals surface area contributed by atoms with Crippen LogP contribution in [0.3, 0.4) is 0 Å². The number of anilines is 2. The van der Waals surface area contributed by atoms with Crippen LogP contribution >= 0.6 is 11.6 Å². The van der Waals surface area contributed by atoms with Gasteiger partial charge in [-0.3, -0.25) is 4.31 Å². The Morgan fingerprint density at radius 2 is 1.90 bits per heavy atom. The summed E-state index contributed by atoms with van der Waals surface area (Å²) in [5.41, 5.74) is 7.17. The fraction of sp³-hybridized carbons (Fsp3) is 0.214. The zero-order valence-corrected chi connectivity index (χ0v) is 13.3. The van der Waals surface area contributed by atoms with Crippen LogP contribution in [0.15, 0.2) is 41.4 Å². The van der Waals surface area contributed by atoms with Crippen LogP contribution in [-0.2, 0) is 10.0 Å². The van der Waals surface area contributed by atoms with Gasteiger partial charge in [-0.15, -0.1) is 0 Å². The molecular weight excluding hydrogens is 310 g/mol. The van der Waals surface area contributed by atoms with Crippen LogP contribution in [0.25, 0.3) is 0 Å². The summed E-state index contributed by atoms with van der Waals surface area (Å²) in [4.78, 5) is 3.83. The molecule has 21 heavy (non-hydrogen) atoms. The number of nitrogens with two attached hydrogens (primary N) is 1. The normalized spacial score (nSPS) is 11.4. The molecule has 0 aliphatic heterocycles. The van der Waals surface area contributed by atoms with E-state index in [0.717, 1.165) is 5.56 Å². The Morgan fingerprint density at radius 3 is 2.43 bits per heavy atom. The zero-order chi connectivity index (χ0) is 15.6. The third-order valence-electron chi connectivity index (χ3n) is 3.04. The molecule has 1 aromatic heterocycles. The molecule has 2 rings (SSSR count). The number of pyridine rings is 1. The van der Waals surface area contributed by atoms with E-state index in [2.05, 4.69) is 4.98 Å². The van der Waals surface area contributed by atoms with Crippen molar-refractivity contribution >= 4 is 33.1 Å². The van der Waals surface area contributed by atoms with Crippen LogP contribution in [0.4, 0.5) is 11.5 Å². The Hall–Kier alpha value is -1.79. The summed E-state index contributed by atoms with van der Waals surface area (Å²) in [7, 11) is -3.73. The van der Waals surface area contributed by atoms with Crippen LogP contribution in [0.5, 0.6) is 0 Å². The molecule has 7 heteroatoms. The van der Waals surface area contributed by atoms with E-state index in [4.69, 9.17) is 17.3 Å². The molecule has 5 nitrogen and oxygen atoms in total. The molecule has 0 bridgehead atoms. The van der Waals surface area contributed by atoms with E-state index in [0.29, 0.717) is 12.2 Å². The molecule has 0 spiro atoms. The fourth-order valence-corrected chi connectivity index (χ4v) is 3.58. The first-order chi connectivity index (χ1) is 9.86. The van der Waals surface area contributed by atoms with Gasteiger partial charge in [0.15, 0.2) is 0 Å². The topological polar surface area (TPSA) is 76.3 Å². The highest BCUT2D eigenvalue weighted by Crippen LogP contribution is 2.26. The number of hydrogen-bond acceptors (Lipinski definition) is 4. The van der Waals surface area contributed by atoms with Gasteiger partial charge in [-0.2, -0.15) is 0 Å². The second-order valence-corrected chi connectivity index (χ2v) is 6.81. The highest BCUT2D eigenvalue weighted by atomic mass is 35.5. The lowest BCUT2D eigenvalue weighted by Gasteiger charge is -2.23. The maximum absolute atomic E-state index is 12.7. The standard InChI is InChI=1S/C14H16ClN3O2S/c1-3-18(11-6-4-10(2)5-7-11)21(19,20)12-8-13(15)14(16)17-9-12/h4-9H,3H2,1-2H3,(H2,16,17). The molecule has 0 fully saturated rings. The molecule has 0 amide bonds. The number of sulfonamides is 1. The van der Waals surface area contributed by atoms with Crippen LogP contribution in [0.2, 0.25) is 5.02 Å². The summed E-state index contributed by atoms with van der Waals surface area (Å²) in [5, 5.41) is 0.121. The summed E-state index contributed by atoms with van der Waals surface area (Å²) in [6, 6.07) is 8.57. The summed E-state index contributed by atoms with van der Waals surface area (Å²) >= 11 is 5.86. The Morgan fingerprint density at radius 1 is 1.29 bits per heavy atom. The Bertz CT molecular complexity index is 745. The van der Waals surface area contributed by atoms with E-state index in [1.54, 1.807) is 19.1 Å². The van der Waals surface area contributed by atoms with Crippen molar-refractivity contribution in [1.29, 1.82) is 0 Å². The molecule has 0 radical (unpaired) electrons. The second kappa shape index (κ2) is 5.91. The van der Waals surface area contributed by atoms with Gasteiger partial charge in [0.1, 0.15) is 10.7 Å². The van der Waals surface area contributed by atoms with Crippen molar-refractivity contribution in [3.8, 4) is 0 Å². The van der Waals surface area contributed by atoms with Crippen molar-refractivity contribution in [2.45, 2.75) is 18.7 Å². The predicted molar refractivity (Wildman–Crippen MR) is 85.0 cm³/mol. The SMILES string of the molecule is CCN(c1ccc(C)cc1)S(=O)(=O)c1cnc(N)c(Cl)c1. The maximum atomic E-state index is 12.7. The first kappa shape index (κ1) is 15.6. The molecule has 0 saturated carbocycles. The number of halogens is 1. The zero-order valence-electron chi connectivity index (χ0n) is 11.7. The van der Waals surface area contributed by atoms with Crippen molar-refractivity contribution in [1.82, 2.24) is 4.98 Å². The number of nitrogens with zero attached hydrogens (tertiary/aromatic N) is 2. The number of hydrogen-bond donors (Lipinski definition) is 1. The number of aromatic nitrogens is 1. The Kier molecular flexibility index (Phi) is 4.39. The maximum Gasteiger partial charge on any atom is 0.265 e. The molecule has 0 aliphatic carbocycles. The fourth-order valence-electron chi connectivity index (χ4n) is 1.90. The average molecular weight is 326 g/mol. The molecular formula is C14H16ClN3O2S. The molecule has 0 atom stereocenters. The van der Waals surface area contributed by atoms with Crippen LogP contribution in [0, 0.1) is 6.92 Å². The van der Waals surface area contributed by atoms with Gasteiger partial charge in [0.2, 0.25) is 0 Å². The van der Waals surface area contributed by atoms with Crippen molar-refractivity contribution in [2.75, 3.05) is 16.6 Å². The van der Waals surface area contributed by atoms with Gasteiger partial charge < -0.3 is 5.73 Å². The largest absolute Gasteiger partial charge is 0.382 e. The van der Waals surface area contributed by atoms with Crippen molar-refractivity contribution in [3.05, 3.63) is 47.1 Å². The van der Waals surface area contributed by atoms with Crippen LogP contribution in [0.1, 0.15) is 12.5 Å². The highest BCUT2D eigenvalue weighted by Gasteiger charge is 2.24. The molecule has 1 heterocycles. The van der Waals surface area contributed by atoms with Crippen LogP contribution < -0.4 is 10.0 Å². The van der Waals surface area contributed by atoms with Gasteiger partial charge in [-0.25, -0.2) is 13.4 Å². The van der Waals surface area contributed by atoms with Crippen molar-refractivity contribution in [3.63, 3.8) is 0 Å². The molecule has 0 saturated heterocycles. The van der Waals surface area contributed by atoms with Crippen molar-refractivity contribution in [2.24, 2.45) is 0 Å². The molecule has 1 aromatic carbocycles. The summed E-state index contributed by atoms with van der Waals surface area (Å²) in [5.74, 6) is 0.106. The Balaban J connectivity index is 2.49. The van der Waals surface area contributed by atoms with Gasteiger partial charge >= 0.3 is 0 Å². The third-order valence-corrected chi connectivity index (χ3v) is 5.21. The minimum absolute atomic E-state index is 0.0177. The van der Waals surface area contributed by atoms with Gasteiger partial charge in [0, 0.05) is 12.7 Å². The summed E-state index contributed by atoms with van der Waals surface area (Å²) in [6.45, 7) is 4.01. The monoisotopic (exact) mass is 325 g/mol. The lowest BCUT2D eigenvalue weighted by Crippen LogP contribution is -2.30. The molecule has 0 unspecified atom stereocenters. The molecule has 2 aromatic rings. The molecule has 0 aliphatic rings. The lowest BCUT2D eigenvalue weighted by molar-refractivity contribution is 0.591. The lowest BCUT2D eigenvalue weighted by atomic mass is 10.2. The van der Waals surface area contributed by atoms with E-state index in [1.165, 1.54) is 16.6 Å². The summed E-state index contributed by atoms with van der Waals surface area (Å²) in [6.07, 6.45) is 1.22.